The van der Waals surface area contributed by atoms with Gasteiger partial charge in [0.1, 0.15) is 10.6 Å². The van der Waals surface area contributed by atoms with Gasteiger partial charge in [-0.1, -0.05) is 11.6 Å². The number of carbonyl (C=O) groups excluding carboxylic acids is 1. The number of rotatable bonds is 2. The fraction of sp³-hybridized carbons (Fsp3) is 0.300. The van der Waals surface area contributed by atoms with Gasteiger partial charge in [0.2, 0.25) is 6.08 Å². The number of nitrogens with zero attached hydrogens (tertiary/aromatic N) is 1. The van der Waals surface area contributed by atoms with Gasteiger partial charge in [-0.2, -0.15) is 4.99 Å². The van der Waals surface area contributed by atoms with Crippen LogP contribution in [0.3, 0.4) is 0 Å². The second kappa shape index (κ2) is 4.12. The van der Waals surface area contributed by atoms with Crippen molar-refractivity contribution in [2.24, 2.45) is 4.99 Å². The number of benzene rings is 1. The van der Waals surface area contributed by atoms with Crippen molar-refractivity contribution in [2.45, 2.75) is 18.4 Å². The van der Waals surface area contributed by atoms with Crippen molar-refractivity contribution in [1.29, 1.82) is 0 Å². The molecule has 0 aromatic heterocycles. The minimum Gasteiger partial charge on any atom is -0.211 e. The molecule has 1 saturated carbocycles. The van der Waals surface area contributed by atoms with Crippen LogP contribution in [-0.2, 0) is 10.3 Å². The van der Waals surface area contributed by atoms with Crippen LogP contribution in [0.2, 0.25) is 5.02 Å². The van der Waals surface area contributed by atoms with E-state index in [-0.39, 0.29) is 10.0 Å². The largest absolute Gasteiger partial charge is 0.235 e. The van der Waals surface area contributed by atoms with Crippen molar-refractivity contribution in [3.63, 3.8) is 0 Å². The van der Waals surface area contributed by atoms with Gasteiger partial charge in [0.25, 0.3) is 0 Å². The summed E-state index contributed by atoms with van der Waals surface area (Å²) in [5.74, 6) is -3.87. The summed E-state index contributed by atoms with van der Waals surface area (Å²) in [6.07, 6.45) is 1.95. The zero-order chi connectivity index (χ0) is 12.8. The van der Waals surface area contributed by atoms with E-state index >= 15 is 0 Å². The molecule has 0 aliphatic heterocycles. The summed E-state index contributed by atoms with van der Waals surface area (Å²) < 4.78 is 40.2. The summed E-state index contributed by atoms with van der Waals surface area (Å²) >= 11 is 8.09. The summed E-state index contributed by atoms with van der Waals surface area (Å²) in [4.78, 5) is 13.7. The van der Waals surface area contributed by atoms with Crippen molar-refractivity contribution in [3.8, 4) is 0 Å². The maximum absolute atomic E-state index is 13.7. The van der Waals surface area contributed by atoms with Gasteiger partial charge in [-0.05, 0) is 28.8 Å². The molecule has 0 heterocycles. The summed E-state index contributed by atoms with van der Waals surface area (Å²) in [7, 11) is 0. The molecule has 1 fully saturated rings. The molecule has 1 aromatic carbocycles. The summed E-state index contributed by atoms with van der Waals surface area (Å²) in [6.45, 7) is 0. The molecule has 0 radical (unpaired) electrons. The molecule has 2 nitrogen and oxygen atoms in total. The molecule has 90 valence electrons. The van der Waals surface area contributed by atoms with Crippen molar-refractivity contribution >= 4 is 33.6 Å². The lowest BCUT2D eigenvalue weighted by Gasteiger charge is -2.14. The lowest BCUT2D eigenvalue weighted by Crippen LogP contribution is -2.11. The predicted molar refractivity (Wildman–Crippen MR) is 58.1 cm³/mol. The normalized spacial score (nSPS) is 16.5. The highest BCUT2D eigenvalue weighted by Gasteiger charge is 2.49. The highest BCUT2D eigenvalue weighted by Crippen LogP contribution is 2.53. The van der Waals surface area contributed by atoms with E-state index in [0.29, 0.717) is 12.8 Å². The second-order valence-electron chi connectivity index (χ2n) is 3.68. The van der Waals surface area contributed by atoms with E-state index in [1.807, 2.05) is 0 Å². The molecule has 1 aliphatic rings. The Hall–Kier alpha value is -0.840. The molecule has 0 amide bonds. The Morgan fingerprint density at radius 2 is 1.82 bits per heavy atom. The van der Waals surface area contributed by atoms with Crippen LogP contribution in [0.15, 0.2) is 9.47 Å². The number of isocyanates is 1. The van der Waals surface area contributed by atoms with Crippen LogP contribution in [0.5, 0.6) is 0 Å². The zero-order valence-corrected chi connectivity index (χ0v) is 10.5. The Balaban J connectivity index is 2.75. The first-order valence-corrected chi connectivity index (χ1v) is 5.72. The maximum atomic E-state index is 13.7. The molecule has 1 aromatic rings. The molecule has 1 aliphatic carbocycles. The Morgan fingerprint density at radius 1 is 1.24 bits per heavy atom. The molecule has 0 unspecified atom stereocenters. The Bertz CT molecular complexity index is 524. The average molecular weight is 326 g/mol. The average Bonchev–Trinajstić information content (AvgIpc) is 3.05. The number of aliphatic imine (C=N–C) groups is 1. The number of halogens is 5. The van der Waals surface area contributed by atoms with Crippen LogP contribution < -0.4 is 0 Å². The van der Waals surface area contributed by atoms with Crippen molar-refractivity contribution in [3.05, 3.63) is 32.5 Å². The molecule has 7 heteroatoms. The third-order valence-electron chi connectivity index (χ3n) is 2.66. The minimum atomic E-state index is -1.48. The highest BCUT2D eigenvalue weighted by molar-refractivity contribution is 9.10. The zero-order valence-electron chi connectivity index (χ0n) is 8.16. The van der Waals surface area contributed by atoms with Gasteiger partial charge in [0, 0.05) is 5.56 Å². The van der Waals surface area contributed by atoms with E-state index in [1.165, 1.54) is 6.08 Å². The monoisotopic (exact) mass is 325 g/mol. The molecule has 0 saturated heterocycles. The van der Waals surface area contributed by atoms with Crippen LogP contribution in [0.25, 0.3) is 0 Å². The maximum Gasteiger partial charge on any atom is 0.235 e. The van der Waals surface area contributed by atoms with E-state index in [4.69, 9.17) is 11.6 Å². The summed E-state index contributed by atoms with van der Waals surface area (Å²) in [5, 5.41) is -0.927. The highest BCUT2D eigenvalue weighted by atomic mass is 79.9. The van der Waals surface area contributed by atoms with Gasteiger partial charge >= 0.3 is 0 Å². The molecule has 0 atom stereocenters. The molecular formula is C10H4BrClF3NO. The molecular weight excluding hydrogens is 322 g/mol. The fourth-order valence-corrected chi connectivity index (χ4v) is 2.67. The lowest BCUT2D eigenvalue weighted by atomic mass is 10.0. The molecule has 0 bridgehead atoms. The van der Waals surface area contributed by atoms with Crippen LogP contribution in [0.4, 0.5) is 13.2 Å². The predicted octanol–water partition coefficient (Wildman–Crippen LogP) is 3.84. The molecule has 2 rings (SSSR count). The third kappa shape index (κ3) is 1.80. The summed E-state index contributed by atoms with van der Waals surface area (Å²) in [6, 6.07) is 0. The van der Waals surface area contributed by atoms with E-state index in [1.54, 1.807) is 0 Å². The van der Waals surface area contributed by atoms with Crippen LogP contribution >= 0.6 is 27.5 Å². The second-order valence-corrected chi connectivity index (χ2v) is 4.85. The molecule has 0 spiro atoms. The first-order valence-electron chi connectivity index (χ1n) is 4.55. The quantitative estimate of drug-likeness (QED) is 0.351. The molecule has 0 N–H and O–H groups in total. The lowest BCUT2D eigenvalue weighted by molar-refractivity contribution is 0.468. The van der Waals surface area contributed by atoms with Gasteiger partial charge in [0.05, 0.1) is 4.47 Å². The third-order valence-corrected chi connectivity index (χ3v) is 3.73. The smallest absolute Gasteiger partial charge is 0.211 e. The SMILES string of the molecule is O=C=NC1(c2c(F)c(F)c(Cl)c(F)c2Br)CC1. The van der Waals surface area contributed by atoms with Gasteiger partial charge < -0.3 is 0 Å². The molecule has 17 heavy (non-hydrogen) atoms. The first-order chi connectivity index (χ1) is 7.94. The van der Waals surface area contributed by atoms with Gasteiger partial charge in [-0.3, -0.25) is 0 Å². The Morgan fingerprint density at radius 3 is 2.29 bits per heavy atom. The van der Waals surface area contributed by atoms with Gasteiger partial charge in [-0.25, -0.2) is 18.0 Å². The number of hydrogen-bond acceptors (Lipinski definition) is 2. The Kier molecular flexibility index (Phi) is 3.06. The van der Waals surface area contributed by atoms with Crippen LogP contribution in [0, 0.1) is 17.5 Å². The van der Waals surface area contributed by atoms with Crippen molar-refractivity contribution < 1.29 is 18.0 Å². The Labute approximate surface area is 108 Å². The van der Waals surface area contributed by atoms with Crippen molar-refractivity contribution in [1.82, 2.24) is 0 Å². The van der Waals surface area contributed by atoms with E-state index < -0.39 is 28.0 Å². The minimum absolute atomic E-state index is 0.307. The van der Waals surface area contributed by atoms with Crippen LogP contribution in [0.1, 0.15) is 18.4 Å². The summed E-state index contributed by atoms with van der Waals surface area (Å²) in [5.41, 5.74) is -1.53. The van der Waals surface area contributed by atoms with Crippen molar-refractivity contribution in [2.75, 3.05) is 0 Å². The van der Waals surface area contributed by atoms with Gasteiger partial charge in [-0.15, -0.1) is 0 Å². The van der Waals surface area contributed by atoms with Crippen LogP contribution in [-0.4, -0.2) is 6.08 Å². The standard InChI is InChI=1S/C10H4BrClF3NO/c11-5-4(10(1-2-10)16-3-17)7(13)9(15)6(12)8(5)14/h1-2H2. The fourth-order valence-electron chi connectivity index (χ4n) is 1.64. The topological polar surface area (TPSA) is 29.4 Å². The van der Waals surface area contributed by atoms with E-state index in [9.17, 15) is 18.0 Å². The van der Waals surface area contributed by atoms with E-state index in [0.717, 1.165) is 0 Å². The first kappa shape index (κ1) is 12.6. The van der Waals surface area contributed by atoms with Gasteiger partial charge in [0.15, 0.2) is 17.5 Å². The van der Waals surface area contributed by atoms with E-state index in [2.05, 4.69) is 20.9 Å². The number of hydrogen-bond donors (Lipinski definition) is 0.